The fraction of sp³-hybridized carbons (Fsp3) is 0.158. The van der Waals surface area contributed by atoms with E-state index in [1.54, 1.807) is 0 Å². The first kappa shape index (κ1) is 46.0. The van der Waals surface area contributed by atoms with Gasteiger partial charge in [0, 0.05) is 0 Å². The number of rotatable bonds is 8. The van der Waals surface area contributed by atoms with Crippen LogP contribution in [0, 0.1) is 0 Å². The fourth-order valence-corrected chi connectivity index (χ4v) is 15.1. The monoisotopic (exact) mass is 994 g/mol. The van der Waals surface area contributed by atoms with E-state index in [0.717, 1.165) is 0 Å². The first-order chi connectivity index (χ1) is 38.0. The van der Waals surface area contributed by atoms with Gasteiger partial charge >= 0.3 is 0 Å². The maximum absolute atomic E-state index is 2.71. The summed E-state index contributed by atoms with van der Waals surface area (Å²) >= 11 is 0. The van der Waals surface area contributed by atoms with E-state index in [0.29, 0.717) is 23.7 Å². The molecule has 0 unspecified atom stereocenters. The number of fused-ring (bicyclic) bond motifs is 10. The molecule has 0 radical (unpaired) electrons. The van der Waals surface area contributed by atoms with Crippen molar-refractivity contribution in [2.45, 2.75) is 79.1 Å². The zero-order valence-electron chi connectivity index (χ0n) is 45.9. The summed E-state index contributed by atoms with van der Waals surface area (Å²) in [4.78, 5) is 0. The van der Waals surface area contributed by atoms with E-state index in [4.69, 9.17) is 0 Å². The van der Waals surface area contributed by atoms with Gasteiger partial charge in [-0.3, -0.25) is 0 Å². The zero-order valence-corrected chi connectivity index (χ0v) is 45.9. The molecule has 0 fully saturated rings. The van der Waals surface area contributed by atoms with Gasteiger partial charge in [-0.25, -0.2) is 0 Å². The molecule has 4 aliphatic heterocycles. The number of benzene rings is 12. The molecule has 2 heteroatoms. The highest BCUT2D eigenvalue weighted by atomic mass is 14.4. The first-order valence-electron chi connectivity index (χ1n) is 28.8. The average Bonchev–Trinajstić information content (AvgIpc) is 3.93. The summed E-state index contributed by atoms with van der Waals surface area (Å²) < 4.78 is 0. The molecule has 16 rings (SSSR count). The smallest absolute Gasteiger partial charge is 0.0661 e. The Kier molecular flexibility index (Phi) is 9.82. The second-order valence-corrected chi connectivity index (χ2v) is 24.5. The predicted octanol–water partition coefficient (Wildman–Crippen LogP) is 16.7. The van der Waals surface area contributed by atoms with Gasteiger partial charge in [-0.1, -0.05) is 270 Å². The highest BCUT2D eigenvalue weighted by molar-refractivity contribution is 7.03. The Morgan fingerprint density at radius 2 is 0.564 bits per heavy atom. The van der Waals surface area contributed by atoms with E-state index < -0.39 is 0 Å². The second-order valence-electron chi connectivity index (χ2n) is 24.5. The molecule has 0 spiro atoms. The molecule has 4 heterocycles. The van der Waals surface area contributed by atoms with Crippen molar-refractivity contribution >= 4 is 78.5 Å². The molecule has 0 N–H and O–H groups in total. The van der Waals surface area contributed by atoms with Crippen LogP contribution in [0.15, 0.2) is 194 Å². The third-order valence-electron chi connectivity index (χ3n) is 19.0. The number of hydrogen-bond acceptors (Lipinski definition) is 0. The Hall–Kier alpha value is -8.19. The van der Waals surface area contributed by atoms with Gasteiger partial charge in [-0.2, -0.15) is 0 Å². The summed E-state index contributed by atoms with van der Waals surface area (Å²) in [6.07, 6.45) is 0. The molecule has 0 saturated carbocycles. The summed E-state index contributed by atoms with van der Waals surface area (Å²) in [5.41, 5.74) is 35.6. The largest absolute Gasteiger partial charge is 0.244 e. The Labute approximate surface area is 460 Å². The third-order valence-corrected chi connectivity index (χ3v) is 19.0. The van der Waals surface area contributed by atoms with Crippen LogP contribution in [0.3, 0.4) is 0 Å². The minimum absolute atomic E-state index is 0.0898. The summed E-state index contributed by atoms with van der Waals surface area (Å²) in [6.45, 7) is 19.0. The van der Waals surface area contributed by atoms with Crippen LogP contribution in [0.25, 0.3) is 121 Å². The molecule has 0 atom stereocenters. The lowest BCUT2D eigenvalue weighted by Gasteiger charge is -2.33. The lowest BCUT2D eigenvalue weighted by Crippen LogP contribution is -2.53. The summed E-state index contributed by atoms with van der Waals surface area (Å²) in [5.74, 6) is 1.58. The van der Waals surface area contributed by atoms with E-state index in [1.165, 1.54) is 176 Å². The molecule has 4 aliphatic rings. The lowest BCUT2D eigenvalue weighted by molar-refractivity contribution is 0.866. The Balaban J connectivity index is 1.15. The highest BCUT2D eigenvalue weighted by Gasteiger charge is 2.45. The van der Waals surface area contributed by atoms with Gasteiger partial charge in [-0.05, 0) is 179 Å². The zero-order chi connectivity index (χ0) is 52.6. The van der Waals surface area contributed by atoms with Crippen LogP contribution in [0.4, 0.5) is 0 Å². The van der Waals surface area contributed by atoms with Crippen molar-refractivity contribution in [3.05, 3.63) is 216 Å². The Morgan fingerprint density at radius 1 is 0.231 bits per heavy atom. The molecule has 370 valence electrons. The van der Waals surface area contributed by atoms with E-state index >= 15 is 0 Å². The number of hydrogen-bond donors (Lipinski definition) is 0. The molecule has 0 nitrogen and oxygen atoms in total. The van der Waals surface area contributed by atoms with Gasteiger partial charge in [0.05, 0.1) is 0 Å². The molecular weight excluding hydrogens is 934 g/mol. The summed E-state index contributed by atoms with van der Waals surface area (Å²) in [6, 6.07) is 76.7. The van der Waals surface area contributed by atoms with Crippen molar-refractivity contribution in [2.75, 3.05) is 0 Å². The van der Waals surface area contributed by atoms with Crippen LogP contribution in [0.5, 0.6) is 0 Å². The van der Waals surface area contributed by atoms with Crippen LogP contribution in [0.2, 0.25) is 0 Å². The normalized spacial score (nSPS) is 13.3. The van der Waals surface area contributed by atoms with Crippen LogP contribution in [0.1, 0.15) is 101 Å². The van der Waals surface area contributed by atoms with Gasteiger partial charge in [0.1, 0.15) is 0 Å². The van der Waals surface area contributed by atoms with Crippen molar-refractivity contribution in [1.82, 2.24) is 0 Å². The summed E-state index contributed by atoms with van der Waals surface area (Å²) in [7, 11) is 0. The Morgan fingerprint density at radius 3 is 0.936 bits per heavy atom. The minimum Gasteiger partial charge on any atom is -0.0661 e. The van der Waals surface area contributed by atoms with Crippen LogP contribution in [-0.4, -0.2) is 13.4 Å². The standard InChI is InChI=1S/C76H60B2/c1-41(2)47-27-29-67-57(31-47)63-33-49(43(5)6)35-65-59-37-55(53-25-17-15-23-51(53)45-19-11-9-12-20-45)62-40-70-72-60(66-36-50(44(7)8)34-64-58-32-48(42(3)4)28-30-68(58)78(70)76(64)66)38-56(54-26-18-16-24-52(54)46-21-13-10-14-22-46)61-39-69(77(67)75(63)65)71(59)73(62)74(61)72/h9-44H,1-8H3. The molecule has 0 aromatic heterocycles. The maximum atomic E-state index is 2.71. The molecule has 0 amide bonds. The second kappa shape index (κ2) is 16.7. The van der Waals surface area contributed by atoms with Gasteiger partial charge in [0.25, 0.3) is 0 Å². The van der Waals surface area contributed by atoms with Crippen LogP contribution >= 0.6 is 0 Å². The average molecular weight is 995 g/mol. The van der Waals surface area contributed by atoms with Crippen LogP contribution in [-0.2, 0) is 0 Å². The van der Waals surface area contributed by atoms with E-state index in [9.17, 15) is 0 Å². The topological polar surface area (TPSA) is 0 Å². The molecule has 0 saturated heterocycles. The van der Waals surface area contributed by atoms with Crippen molar-refractivity contribution < 1.29 is 0 Å². The molecule has 12 aromatic rings. The fourth-order valence-electron chi connectivity index (χ4n) is 15.1. The van der Waals surface area contributed by atoms with Gasteiger partial charge in [-0.15, -0.1) is 0 Å². The minimum atomic E-state index is 0.0898. The molecule has 0 aliphatic carbocycles. The van der Waals surface area contributed by atoms with Gasteiger partial charge < -0.3 is 0 Å². The molecule has 12 aromatic carbocycles. The van der Waals surface area contributed by atoms with Crippen molar-refractivity contribution in [3.63, 3.8) is 0 Å². The van der Waals surface area contributed by atoms with Gasteiger partial charge in [0.2, 0.25) is 13.4 Å². The molecule has 0 bridgehead atoms. The lowest BCUT2D eigenvalue weighted by atomic mass is 9.34. The van der Waals surface area contributed by atoms with Crippen molar-refractivity contribution in [2.24, 2.45) is 0 Å². The van der Waals surface area contributed by atoms with Crippen molar-refractivity contribution in [1.29, 1.82) is 0 Å². The highest BCUT2D eigenvalue weighted by Crippen LogP contribution is 2.53. The predicted molar refractivity (Wildman–Crippen MR) is 339 cm³/mol. The third kappa shape index (κ3) is 6.26. The van der Waals surface area contributed by atoms with E-state index in [-0.39, 0.29) is 13.4 Å². The molecule has 78 heavy (non-hydrogen) atoms. The summed E-state index contributed by atoms with van der Waals surface area (Å²) in [5, 5.41) is 8.35. The molecular formula is C76H60B2. The maximum Gasteiger partial charge on any atom is 0.244 e. The first-order valence-corrected chi connectivity index (χ1v) is 28.8. The van der Waals surface area contributed by atoms with Gasteiger partial charge in [0.15, 0.2) is 0 Å². The SMILES string of the molecule is CC(C)c1ccc2c(c1)-c1cc(C(C)C)cc3c1B2c1cc2c(-c4ccccc4-c4ccccc4)cc4c5c(cc6c(-c7ccccc7-c7ccccc7)cc-3c1c6c25)B1c2ccc(C(C)C)cc2-c2cc(C(C)C)cc-4c21. The van der Waals surface area contributed by atoms with Crippen LogP contribution < -0.4 is 32.8 Å². The Bertz CT molecular complexity index is 4260. The quantitative estimate of drug-likeness (QED) is 0.105. The van der Waals surface area contributed by atoms with E-state index in [1.807, 2.05) is 0 Å². The van der Waals surface area contributed by atoms with E-state index in [2.05, 4.69) is 250 Å². The van der Waals surface area contributed by atoms with Crippen molar-refractivity contribution in [3.8, 4) is 89.0 Å².